The van der Waals surface area contributed by atoms with Gasteiger partial charge in [0.25, 0.3) is 5.91 Å². The van der Waals surface area contributed by atoms with Crippen molar-refractivity contribution in [1.29, 1.82) is 5.26 Å². The number of hydrogen-bond acceptors (Lipinski definition) is 5. The molecule has 0 unspecified atom stereocenters. The van der Waals surface area contributed by atoms with Crippen molar-refractivity contribution in [1.82, 2.24) is 9.88 Å². The van der Waals surface area contributed by atoms with Crippen LogP contribution in [0.3, 0.4) is 0 Å². The number of rotatable bonds is 6. The predicted molar refractivity (Wildman–Crippen MR) is 78.0 cm³/mol. The Morgan fingerprint density at radius 3 is 2.85 bits per heavy atom. The summed E-state index contributed by atoms with van der Waals surface area (Å²) >= 11 is 5.86. The normalized spacial score (nSPS) is 10.2. The quantitative estimate of drug-likeness (QED) is 0.476. The number of nitrogens with two attached hydrogens (primary N) is 1. The lowest BCUT2D eigenvalue weighted by molar-refractivity contribution is 0.0740. The fourth-order valence-corrected chi connectivity index (χ4v) is 1.99. The van der Waals surface area contributed by atoms with Crippen LogP contribution in [0.4, 0.5) is 5.82 Å². The molecule has 1 amide bonds. The summed E-state index contributed by atoms with van der Waals surface area (Å²) in [6.45, 7) is 4.99. The van der Waals surface area contributed by atoms with Crippen molar-refractivity contribution in [3.8, 4) is 6.07 Å². The molecule has 0 spiro atoms. The standard InChI is InChI=1S/C13H18ClN5O/c1-9(2)8-19(5-3-4-15)13(20)10-6-11(14)17-12(7-10)18-16/h6-7,9H,3,5,8,16H2,1-2H3,(H,17,18). The minimum atomic E-state index is -0.185. The topological polar surface area (TPSA) is 95.0 Å². The molecule has 0 saturated carbocycles. The molecule has 1 aromatic rings. The van der Waals surface area contributed by atoms with Gasteiger partial charge in [0.1, 0.15) is 11.0 Å². The zero-order valence-corrected chi connectivity index (χ0v) is 12.3. The maximum absolute atomic E-state index is 12.5. The molecule has 1 aromatic heterocycles. The van der Waals surface area contributed by atoms with Crippen LogP contribution in [0.5, 0.6) is 0 Å². The van der Waals surface area contributed by atoms with Crippen LogP contribution in [0.15, 0.2) is 12.1 Å². The van der Waals surface area contributed by atoms with Crippen LogP contribution in [-0.4, -0.2) is 28.9 Å². The average molecular weight is 296 g/mol. The summed E-state index contributed by atoms with van der Waals surface area (Å²) < 4.78 is 0. The second kappa shape index (κ2) is 7.68. The minimum Gasteiger partial charge on any atom is -0.337 e. The van der Waals surface area contributed by atoms with E-state index in [4.69, 9.17) is 22.7 Å². The van der Waals surface area contributed by atoms with Crippen LogP contribution in [0.2, 0.25) is 5.15 Å². The molecule has 0 saturated heterocycles. The SMILES string of the molecule is CC(C)CN(CCC#N)C(=O)c1cc(Cl)nc(NN)c1. The number of nitrogen functional groups attached to an aromatic ring is 1. The number of hydrazine groups is 1. The largest absolute Gasteiger partial charge is 0.337 e. The number of carbonyl (C=O) groups excluding carboxylic acids is 1. The second-order valence-corrected chi connectivity index (χ2v) is 5.15. The van der Waals surface area contributed by atoms with Crippen molar-refractivity contribution in [2.45, 2.75) is 20.3 Å². The van der Waals surface area contributed by atoms with E-state index in [9.17, 15) is 4.79 Å². The summed E-state index contributed by atoms with van der Waals surface area (Å²) in [5, 5.41) is 8.87. The van der Waals surface area contributed by atoms with Crippen LogP contribution in [0, 0.1) is 17.2 Å². The highest BCUT2D eigenvalue weighted by Gasteiger charge is 2.18. The van der Waals surface area contributed by atoms with Gasteiger partial charge in [-0.25, -0.2) is 10.8 Å². The van der Waals surface area contributed by atoms with Crippen LogP contribution < -0.4 is 11.3 Å². The van der Waals surface area contributed by atoms with Gasteiger partial charge in [0.15, 0.2) is 0 Å². The van der Waals surface area contributed by atoms with E-state index in [1.165, 1.54) is 12.1 Å². The Bertz CT molecular complexity index is 512. The van der Waals surface area contributed by atoms with Crippen molar-refractivity contribution < 1.29 is 4.79 Å². The third-order valence-electron chi connectivity index (χ3n) is 2.56. The number of pyridine rings is 1. The molecule has 0 aliphatic carbocycles. The number of nitrogens with zero attached hydrogens (tertiary/aromatic N) is 3. The third kappa shape index (κ3) is 4.68. The molecule has 0 atom stereocenters. The summed E-state index contributed by atoms with van der Waals surface area (Å²) in [6.07, 6.45) is 0.291. The van der Waals surface area contributed by atoms with Crippen LogP contribution in [0.1, 0.15) is 30.6 Å². The summed E-state index contributed by atoms with van der Waals surface area (Å²) in [5.74, 6) is 5.73. The maximum Gasteiger partial charge on any atom is 0.254 e. The molecule has 1 rings (SSSR count). The first-order valence-corrected chi connectivity index (χ1v) is 6.66. The molecule has 1 heterocycles. The Labute approximate surface area is 123 Å². The smallest absolute Gasteiger partial charge is 0.254 e. The van der Waals surface area contributed by atoms with Gasteiger partial charge in [-0.2, -0.15) is 5.26 Å². The van der Waals surface area contributed by atoms with Gasteiger partial charge in [-0.05, 0) is 18.1 Å². The van der Waals surface area contributed by atoms with E-state index in [2.05, 4.69) is 10.4 Å². The van der Waals surface area contributed by atoms with Crippen LogP contribution in [-0.2, 0) is 0 Å². The minimum absolute atomic E-state index is 0.185. The molecule has 0 aliphatic rings. The van der Waals surface area contributed by atoms with E-state index in [0.29, 0.717) is 36.8 Å². The average Bonchev–Trinajstić information content (AvgIpc) is 2.41. The second-order valence-electron chi connectivity index (χ2n) is 4.76. The van der Waals surface area contributed by atoms with E-state index < -0.39 is 0 Å². The Hall–Kier alpha value is -1.84. The van der Waals surface area contributed by atoms with Crippen LogP contribution in [0.25, 0.3) is 0 Å². The number of nitrogens with one attached hydrogen (secondary N) is 1. The summed E-state index contributed by atoms with van der Waals surface area (Å²) in [6, 6.07) is 5.07. The molecular weight excluding hydrogens is 278 g/mol. The van der Waals surface area contributed by atoms with Gasteiger partial charge in [0, 0.05) is 18.7 Å². The molecule has 108 valence electrons. The van der Waals surface area contributed by atoms with E-state index >= 15 is 0 Å². The van der Waals surface area contributed by atoms with E-state index in [1.54, 1.807) is 4.90 Å². The number of aromatic nitrogens is 1. The number of hydrogen-bond donors (Lipinski definition) is 2. The highest BCUT2D eigenvalue weighted by molar-refractivity contribution is 6.29. The van der Waals surface area contributed by atoms with E-state index in [-0.39, 0.29) is 11.1 Å². The first-order valence-electron chi connectivity index (χ1n) is 6.28. The van der Waals surface area contributed by atoms with Crippen molar-refractivity contribution in [2.24, 2.45) is 11.8 Å². The lowest BCUT2D eigenvalue weighted by Crippen LogP contribution is -2.35. The highest BCUT2D eigenvalue weighted by Crippen LogP contribution is 2.16. The monoisotopic (exact) mass is 295 g/mol. The molecular formula is C13H18ClN5O. The number of nitriles is 1. The Morgan fingerprint density at radius 1 is 1.60 bits per heavy atom. The molecule has 20 heavy (non-hydrogen) atoms. The molecule has 0 bridgehead atoms. The van der Waals surface area contributed by atoms with Gasteiger partial charge >= 0.3 is 0 Å². The molecule has 0 fully saturated rings. The van der Waals surface area contributed by atoms with Crippen molar-refractivity contribution in [2.75, 3.05) is 18.5 Å². The van der Waals surface area contributed by atoms with E-state index in [1.807, 2.05) is 19.9 Å². The van der Waals surface area contributed by atoms with Gasteiger partial charge in [-0.3, -0.25) is 4.79 Å². The third-order valence-corrected chi connectivity index (χ3v) is 2.75. The lowest BCUT2D eigenvalue weighted by atomic mass is 10.1. The van der Waals surface area contributed by atoms with Gasteiger partial charge in [0.2, 0.25) is 0 Å². The number of amides is 1. The Kier molecular flexibility index (Phi) is 6.22. The molecule has 6 nitrogen and oxygen atoms in total. The molecule has 0 radical (unpaired) electrons. The zero-order chi connectivity index (χ0) is 15.1. The molecule has 0 aliphatic heterocycles. The number of carbonyl (C=O) groups is 1. The zero-order valence-electron chi connectivity index (χ0n) is 11.6. The van der Waals surface area contributed by atoms with Gasteiger partial charge in [-0.1, -0.05) is 25.4 Å². The Balaban J connectivity index is 2.98. The lowest BCUT2D eigenvalue weighted by Gasteiger charge is -2.24. The van der Waals surface area contributed by atoms with Crippen molar-refractivity contribution in [3.63, 3.8) is 0 Å². The fourth-order valence-electron chi connectivity index (χ4n) is 1.78. The fraction of sp³-hybridized carbons (Fsp3) is 0.462. The van der Waals surface area contributed by atoms with Gasteiger partial charge < -0.3 is 10.3 Å². The molecule has 0 aromatic carbocycles. The summed E-state index contributed by atoms with van der Waals surface area (Å²) in [4.78, 5) is 18.0. The van der Waals surface area contributed by atoms with Crippen molar-refractivity contribution in [3.05, 3.63) is 22.8 Å². The summed E-state index contributed by atoms with van der Waals surface area (Å²) in [7, 11) is 0. The van der Waals surface area contributed by atoms with Gasteiger partial charge in [0.05, 0.1) is 12.5 Å². The Morgan fingerprint density at radius 2 is 2.30 bits per heavy atom. The first kappa shape index (κ1) is 16.2. The van der Waals surface area contributed by atoms with Crippen molar-refractivity contribution >= 4 is 23.3 Å². The predicted octanol–water partition coefficient (Wildman–Crippen LogP) is 2.03. The van der Waals surface area contributed by atoms with Gasteiger partial charge in [-0.15, -0.1) is 0 Å². The summed E-state index contributed by atoms with van der Waals surface area (Å²) in [5.41, 5.74) is 2.77. The van der Waals surface area contributed by atoms with Crippen LogP contribution >= 0.6 is 11.6 Å². The first-order chi connectivity index (χ1) is 9.47. The molecule has 3 N–H and O–H groups in total. The molecule has 7 heteroatoms. The van der Waals surface area contributed by atoms with E-state index in [0.717, 1.165) is 0 Å². The number of anilines is 1. The maximum atomic E-state index is 12.5. The number of halogens is 1. The highest BCUT2D eigenvalue weighted by atomic mass is 35.5.